The molecule has 1 fully saturated rings. The van der Waals surface area contributed by atoms with E-state index >= 15 is 0 Å². The molecule has 0 bridgehead atoms. The topological polar surface area (TPSA) is 38.2 Å². The van der Waals surface area contributed by atoms with Gasteiger partial charge >= 0.3 is 0 Å². The summed E-state index contributed by atoms with van der Waals surface area (Å²) in [5.74, 6) is 0.0536. The molecule has 1 aromatic heterocycles. The second-order valence-corrected chi connectivity index (χ2v) is 6.19. The number of benzene rings is 1. The minimum Gasteiger partial charge on any atom is -0.380 e. The lowest BCUT2D eigenvalue weighted by molar-refractivity contribution is 0.152. The standard InChI is InChI=1S/C13H11BrCl2FN3O/c14-9-8(15)6-7-11(10(9)17)18-13(16)19-12(7)20-2-1-4-21-5-3-20/h6H,1-5H2. The Morgan fingerprint density at radius 2 is 2.05 bits per heavy atom. The average molecular weight is 395 g/mol. The molecule has 3 rings (SSSR count). The van der Waals surface area contributed by atoms with Crippen molar-refractivity contribution < 1.29 is 9.13 Å². The Morgan fingerprint density at radius 3 is 2.86 bits per heavy atom. The molecule has 0 N–H and O–H groups in total. The minimum absolute atomic E-state index is 0.00999. The van der Waals surface area contributed by atoms with Crippen molar-refractivity contribution in [3.05, 3.63) is 26.7 Å². The number of ether oxygens (including phenoxy) is 1. The van der Waals surface area contributed by atoms with Gasteiger partial charge in [0.1, 0.15) is 11.3 Å². The fourth-order valence-electron chi connectivity index (χ4n) is 2.33. The third-order valence-corrected chi connectivity index (χ3v) is 4.77. The lowest BCUT2D eigenvalue weighted by Gasteiger charge is -2.22. The number of halogens is 4. The van der Waals surface area contributed by atoms with Crippen LogP contribution in [-0.4, -0.2) is 36.3 Å². The lowest BCUT2D eigenvalue weighted by atomic mass is 10.2. The van der Waals surface area contributed by atoms with Crippen molar-refractivity contribution in [2.24, 2.45) is 0 Å². The average Bonchev–Trinajstić information content (AvgIpc) is 2.74. The molecule has 0 amide bonds. The highest BCUT2D eigenvalue weighted by Crippen LogP contribution is 2.35. The molecule has 112 valence electrons. The van der Waals surface area contributed by atoms with Crippen molar-refractivity contribution in [2.75, 3.05) is 31.2 Å². The molecular formula is C13H11BrCl2FN3O. The zero-order valence-electron chi connectivity index (χ0n) is 10.9. The molecule has 4 nitrogen and oxygen atoms in total. The van der Waals surface area contributed by atoms with Gasteiger partial charge in [-0.15, -0.1) is 0 Å². The molecule has 0 unspecified atom stereocenters. The summed E-state index contributed by atoms with van der Waals surface area (Å²) in [7, 11) is 0. The molecular weight excluding hydrogens is 384 g/mol. The van der Waals surface area contributed by atoms with Crippen molar-refractivity contribution in [1.82, 2.24) is 9.97 Å². The summed E-state index contributed by atoms with van der Waals surface area (Å²) in [5.41, 5.74) is 0.159. The second kappa shape index (κ2) is 6.20. The zero-order valence-corrected chi connectivity index (χ0v) is 14.0. The summed E-state index contributed by atoms with van der Waals surface area (Å²) in [4.78, 5) is 10.3. The second-order valence-electron chi connectivity index (χ2n) is 4.65. The van der Waals surface area contributed by atoms with Crippen LogP contribution in [0.15, 0.2) is 10.5 Å². The summed E-state index contributed by atoms with van der Waals surface area (Å²) in [5, 5.41) is 0.834. The molecule has 1 saturated heterocycles. The van der Waals surface area contributed by atoms with Gasteiger partial charge in [-0.25, -0.2) is 9.37 Å². The van der Waals surface area contributed by atoms with E-state index in [2.05, 4.69) is 25.9 Å². The van der Waals surface area contributed by atoms with Gasteiger partial charge in [-0.05, 0) is 40.0 Å². The van der Waals surface area contributed by atoms with Crippen LogP contribution < -0.4 is 4.90 Å². The number of aromatic nitrogens is 2. The number of nitrogens with zero attached hydrogens (tertiary/aromatic N) is 3. The predicted molar refractivity (Wildman–Crippen MR) is 84.9 cm³/mol. The maximum Gasteiger partial charge on any atom is 0.225 e. The molecule has 2 aromatic rings. The minimum atomic E-state index is -0.533. The molecule has 0 saturated carbocycles. The fraction of sp³-hybridized carbons (Fsp3) is 0.385. The summed E-state index contributed by atoms with van der Waals surface area (Å²) in [6, 6.07) is 1.65. The van der Waals surface area contributed by atoms with E-state index in [1.807, 2.05) is 4.90 Å². The highest BCUT2D eigenvalue weighted by atomic mass is 79.9. The molecule has 21 heavy (non-hydrogen) atoms. The van der Waals surface area contributed by atoms with Gasteiger partial charge in [0.25, 0.3) is 0 Å². The smallest absolute Gasteiger partial charge is 0.225 e. The Morgan fingerprint density at radius 1 is 1.24 bits per heavy atom. The molecule has 8 heteroatoms. The van der Waals surface area contributed by atoms with Crippen molar-refractivity contribution in [2.45, 2.75) is 6.42 Å². The van der Waals surface area contributed by atoms with E-state index in [0.717, 1.165) is 13.0 Å². The van der Waals surface area contributed by atoms with Crippen LogP contribution in [0, 0.1) is 5.82 Å². The van der Waals surface area contributed by atoms with Crippen LogP contribution in [0.3, 0.4) is 0 Å². The van der Waals surface area contributed by atoms with Crippen LogP contribution in [0.5, 0.6) is 0 Å². The largest absolute Gasteiger partial charge is 0.380 e. The first kappa shape index (κ1) is 15.2. The van der Waals surface area contributed by atoms with Crippen molar-refractivity contribution in [3.8, 4) is 0 Å². The summed E-state index contributed by atoms with van der Waals surface area (Å²) < 4.78 is 19.9. The van der Waals surface area contributed by atoms with Gasteiger partial charge in [-0.1, -0.05) is 11.6 Å². The molecule has 1 aliphatic rings. The number of anilines is 1. The number of rotatable bonds is 1. The molecule has 1 aromatic carbocycles. The summed E-state index contributed by atoms with van der Waals surface area (Å²) >= 11 is 15.1. The normalized spacial score (nSPS) is 16.3. The SMILES string of the molecule is Fc1c(Br)c(Cl)cc2c(N3CCCOCC3)nc(Cl)nc12. The van der Waals surface area contributed by atoms with Crippen molar-refractivity contribution in [1.29, 1.82) is 0 Å². The first-order valence-electron chi connectivity index (χ1n) is 6.41. The highest BCUT2D eigenvalue weighted by molar-refractivity contribution is 9.10. The van der Waals surface area contributed by atoms with Gasteiger partial charge in [-0.2, -0.15) is 4.98 Å². The van der Waals surface area contributed by atoms with Crippen LogP contribution in [0.1, 0.15) is 6.42 Å². The van der Waals surface area contributed by atoms with E-state index in [4.69, 9.17) is 27.9 Å². The van der Waals surface area contributed by atoms with Crippen LogP contribution in [-0.2, 0) is 4.74 Å². The van der Waals surface area contributed by atoms with E-state index in [1.165, 1.54) is 0 Å². The predicted octanol–water partition coefficient (Wildman–Crippen LogP) is 4.06. The molecule has 1 aliphatic heterocycles. The van der Waals surface area contributed by atoms with E-state index in [0.29, 0.717) is 31.0 Å². The van der Waals surface area contributed by atoms with Crippen molar-refractivity contribution in [3.63, 3.8) is 0 Å². The van der Waals surface area contributed by atoms with Crippen LogP contribution in [0.4, 0.5) is 10.2 Å². The fourth-order valence-corrected chi connectivity index (χ4v) is 2.99. The van der Waals surface area contributed by atoms with E-state index in [1.54, 1.807) is 6.07 Å². The Balaban J connectivity index is 2.21. The van der Waals surface area contributed by atoms with Crippen molar-refractivity contribution >= 4 is 55.9 Å². The van der Waals surface area contributed by atoms with Crippen LogP contribution in [0.25, 0.3) is 10.9 Å². The quantitative estimate of drug-likeness (QED) is 0.539. The van der Waals surface area contributed by atoms with E-state index < -0.39 is 5.82 Å². The lowest BCUT2D eigenvalue weighted by Crippen LogP contribution is -2.27. The summed E-state index contributed by atoms with van der Waals surface area (Å²) in [6.07, 6.45) is 0.871. The van der Waals surface area contributed by atoms with Gasteiger partial charge < -0.3 is 9.64 Å². The third-order valence-electron chi connectivity index (χ3n) is 3.30. The zero-order chi connectivity index (χ0) is 15.0. The monoisotopic (exact) mass is 393 g/mol. The summed E-state index contributed by atoms with van der Waals surface area (Å²) in [6.45, 7) is 2.72. The van der Waals surface area contributed by atoms with E-state index in [9.17, 15) is 4.39 Å². The van der Waals surface area contributed by atoms with Gasteiger partial charge in [0, 0.05) is 25.1 Å². The Labute approximate surface area is 139 Å². The Kier molecular flexibility index (Phi) is 4.49. The van der Waals surface area contributed by atoms with Gasteiger partial charge in [0.05, 0.1) is 16.1 Å². The first-order valence-corrected chi connectivity index (χ1v) is 7.96. The maximum atomic E-state index is 14.3. The maximum absolute atomic E-state index is 14.3. The van der Waals surface area contributed by atoms with Crippen LogP contribution >= 0.6 is 39.1 Å². The Hall–Kier alpha value is -0.690. The number of hydrogen-bond acceptors (Lipinski definition) is 4. The number of hydrogen-bond donors (Lipinski definition) is 0. The molecule has 0 atom stereocenters. The molecule has 0 aliphatic carbocycles. The van der Waals surface area contributed by atoms with E-state index in [-0.39, 0.29) is 20.3 Å². The van der Waals surface area contributed by atoms with Crippen LogP contribution in [0.2, 0.25) is 10.3 Å². The molecule has 2 heterocycles. The number of fused-ring (bicyclic) bond motifs is 1. The molecule has 0 spiro atoms. The Bertz CT molecular complexity index is 693. The molecule has 0 radical (unpaired) electrons. The van der Waals surface area contributed by atoms with Gasteiger partial charge in [-0.3, -0.25) is 0 Å². The first-order chi connectivity index (χ1) is 10.1. The third kappa shape index (κ3) is 2.95. The highest BCUT2D eigenvalue weighted by Gasteiger charge is 2.20. The van der Waals surface area contributed by atoms with Gasteiger partial charge in [0.15, 0.2) is 5.82 Å². The van der Waals surface area contributed by atoms with Gasteiger partial charge in [0.2, 0.25) is 5.28 Å².